The molecular weight excluding hydrogens is 214 g/mol. The fourth-order valence-electron chi connectivity index (χ4n) is 1.53. The van der Waals surface area contributed by atoms with Crippen molar-refractivity contribution in [2.24, 2.45) is 0 Å². The number of unbranched alkanes of at least 4 members (excludes halogenated alkanes) is 4. The van der Waals surface area contributed by atoms with Crippen LogP contribution < -0.4 is 5.32 Å². The van der Waals surface area contributed by atoms with Crippen LogP contribution in [0.25, 0.3) is 0 Å². The van der Waals surface area contributed by atoms with E-state index in [9.17, 15) is 0 Å². The maximum atomic E-state index is 5.49. The van der Waals surface area contributed by atoms with E-state index in [2.05, 4.69) is 19.2 Å². The van der Waals surface area contributed by atoms with Crippen LogP contribution in [0.15, 0.2) is 0 Å². The van der Waals surface area contributed by atoms with E-state index >= 15 is 0 Å². The smallest absolute Gasteiger partial charge is 0.0590 e. The SMILES string of the molecule is CCCCCOCCNCCOCCCCC. The van der Waals surface area contributed by atoms with E-state index in [-0.39, 0.29) is 0 Å². The van der Waals surface area contributed by atoms with Gasteiger partial charge in [0.05, 0.1) is 13.2 Å². The van der Waals surface area contributed by atoms with E-state index in [1.807, 2.05) is 0 Å². The molecule has 0 amide bonds. The van der Waals surface area contributed by atoms with E-state index in [0.29, 0.717) is 0 Å². The molecule has 0 atom stereocenters. The van der Waals surface area contributed by atoms with Crippen molar-refractivity contribution in [3.05, 3.63) is 0 Å². The highest BCUT2D eigenvalue weighted by atomic mass is 16.5. The molecule has 0 unspecified atom stereocenters. The van der Waals surface area contributed by atoms with Gasteiger partial charge in [0.2, 0.25) is 0 Å². The highest BCUT2D eigenvalue weighted by molar-refractivity contribution is 4.46. The second-order valence-corrected chi connectivity index (χ2v) is 4.39. The lowest BCUT2D eigenvalue weighted by Gasteiger charge is -2.06. The summed E-state index contributed by atoms with van der Waals surface area (Å²) in [6.07, 6.45) is 7.46. The zero-order chi connectivity index (χ0) is 12.6. The van der Waals surface area contributed by atoms with Crippen molar-refractivity contribution in [3.63, 3.8) is 0 Å². The molecule has 0 fully saturated rings. The Balaban J connectivity index is 2.85. The van der Waals surface area contributed by atoms with Crippen LogP contribution in [-0.2, 0) is 9.47 Å². The first kappa shape index (κ1) is 16.9. The first-order valence-corrected chi connectivity index (χ1v) is 7.28. The summed E-state index contributed by atoms with van der Waals surface area (Å²) in [6.45, 7) is 9.74. The Kier molecular flexibility index (Phi) is 15.8. The van der Waals surface area contributed by atoms with Crippen molar-refractivity contribution >= 4 is 0 Å². The minimum atomic E-state index is 0.819. The number of hydrogen-bond acceptors (Lipinski definition) is 3. The van der Waals surface area contributed by atoms with Crippen LogP contribution >= 0.6 is 0 Å². The van der Waals surface area contributed by atoms with Crippen molar-refractivity contribution in [3.8, 4) is 0 Å². The summed E-state index contributed by atoms with van der Waals surface area (Å²) in [5.41, 5.74) is 0. The quantitative estimate of drug-likeness (QED) is 0.477. The van der Waals surface area contributed by atoms with Gasteiger partial charge in [-0.1, -0.05) is 39.5 Å². The lowest BCUT2D eigenvalue weighted by atomic mass is 10.3. The third kappa shape index (κ3) is 15.9. The zero-order valence-corrected chi connectivity index (χ0v) is 11.8. The van der Waals surface area contributed by atoms with Crippen LogP contribution in [0.4, 0.5) is 0 Å². The topological polar surface area (TPSA) is 30.5 Å². The van der Waals surface area contributed by atoms with E-state index in [4.69, 9.17) is 9.47 Å². The lowest BCUT2D eigenvalue weighted by molar-refractivity contribution is 0.117. The van der Waals surface area contributed by atoms with Crippen LogP contribution in [0.3, 0.4) is 0 Å². The van der Waals surface area contributed by atoms with Crippen LogP contribution in [0.2, 0.25) is 0 Å². The van der Waals surface area contributed by atoms with Crippen molar-refractivity contribution in [1.29, 1.82) is 0 Å². The molecule has 17 heavy (non-hydrogen) atoms. The van der Waals surface area contributed by atoms with Gasteiger partial charge in [-0.05, 0) is 12.8 Å². The van der Waals surface area contributed by atoms with Crippen molar-refractivity contribution in [2.45, 2.75) is 52.4 Å². The van der Waals surface area contributed by atoms with Gasteiger partial charge < -0.3 is 14.8 Å². The maximum Gasteiger partial charge on any atom is 0.0590 e. The fourth-order valence-corrected chi connectivity index (χ4v) is 1.53. The molecule has 0 rings (SSSR count). The second-order valence-electron chi connectivity index (χ2n) is 4.39. The Hall–Kier alpha value is -0.120. The molecule has 3 heteroatoms. The van der Waals surface area contributed by atoms with E-state index in [1.165, 1.54) is 38.5 Å². The van der Waals surface area contributed by atoms with Gasteiger partial charge >= 0.3 is 0 Å². The minimum Gasteiger partial charge on any atom is -0.380 e. The third-order valence-corrected chi connectivity index (χ3v) is 2.63. The molecule has 0 aliphatic carbocycles. The number of nitrogens with one attached hydrogen (secondary N) is 1. The number of hydrogen-bond donors (Lipinski definition) is 1. The lowest BCUT2D eigenvalue weighted by Crippen LogP contribution is -2.24. The Labute approximate surface area is 107 Å². The first-order chi connectivity index (χ1) is 8.41. The molecule has 0 spiro atoms. The van der Waals surface area contributed by atoms with Gasteiger partial charge in [0.25, 0.3) is 0 Å². The van der Waals surface area contributed by atoms with Crippen LogP contribution in [0.5, 0.6) is 0 Å². The molecule has 104 valence electrons. The molecule has 0 aromatic carbocycles. The normalized spacial score (nSPS) is 10.9. The Morgan fingerprint density at radius 2 is 1.12 bits per heavy atom. The van der Waals surface area contributed by atoms with Gasteiger partial charge in [0, 0.05) is 26.3 Å². The van der Waals surface area contributed by atoms with Crippen LogP contribution in [0.1, 0.15) is 52.4 Å². The average Bonchev–Trinajstić information content (AvgIpc) is 2.35. The predicted octanol–water partition coefficient (Wildman–Crippen LogP) is 2.99. The summed E-state index contributed by atoms with van der Waals surface area (Å²) in [5, 5.41) is 3.32. The molecule has 0 saturated heterocycles. The second kappa shape index (κ2) is 15.9. The average molecular weight is 245 g/mol. The zero-order valence-electron chi connectivity index (χ0n) is 11.8. The van der Waals surface area contributed by atoms with Gasteiger partial charge in [-0.15, -0.1) is 0 Å². The monoisotopic (exact) mass is 245 g/mol. The molecular formula is C14H31NO2. The first-order valence-electron chi connectivity index (χ1n) is 7.28. The van der Waals surface area contributed by atoms with E-state index < -0.39 is 0 Å². The Morgan fingerprint density at radius 1 is 0.647 bits per heavy atom. The summed E-state index contributed by atoms with van der Waals surface area (Å²) in [5.74, 6) is 0. The molecule has 0 saturated carbocycles. The van der Waals surface area contributed by atoms with Crippen molar-refractivity contribution in [2.75, 3.05) is 39.5 Å². The molecule has 0 aromatic rings. The number of rotatable bonds is 14. The minimum absolute atomic E-state index is 0.819. The van der Waals surface area contributed by atoms with Gasteiger partial charge in [-0.25, -0.2) is 0 Å². The predicted molar refractivity (Wildman–Crippen MR) is 73.6 cm³/mol. The fraction of sp³-hybridized carbons (Fsp3) is 1.00. The largest absolute Gasteiger partial charge is 0.380 e. The van der Waals surface area contributed by atoms with Gasteiger partial charge in [0.15, 0.2) is 0 Å². The standard InChI is InChI=1S/C14H31NO2/c1-3-5-7-11-16-13-9-15-10-14-17-12-8-6-4-2/h15H,3-14H2,1-2H3. The van der Waals surface area contributed by atoms with Gasteiger partial charge in [-0.3, -0.25) is 0 Å². The van der Waals surface area contributed by atoms with Crippen molar-refractivity contribution in [1.82, 2.24) is 5.32 Å². The molecule has 0 radical (unpaired) electrons. The van der Waals surface area contributed by atoms with Gasteiger partial charge in [-0.2, -0.15) is 0 Å². The summed E-state index contributed by atoms with van der Waals surface area (Å²) < 4.78 is 11.0. The van der Waals surface area contributed by atoms with E-state index in [0.717, 1.165) is 39.5 Å². The maximum absolute atomic E-state index is 5.49. The molecule has 0 aromatic heterocycles. The molecule has 1 N–H and O–H groups in total. The molecule has 0 heterocycles. The summed E-state index contributed by atoms with van der Waals surface area (Å²) >= 11 is 0. The van der Waals surface area contributed by atoms with Crippen LogP contribution in [-0.4, -0.2) is 39.5 Å². The number of ether oxygens (including phenoxy) is 2. The summed E-state index contributed by atoms with van der Waals surface area (Å²) in [4.78, 5) is 0. The van der Waals surface area contributed by atoms with Crippen LogP contribution in [0, 0.1) is 0 Å². The molecule has 0 aliphatic heterocycles. The Morgan fingerprint density at radius 3 is 1.53 bits per heavy atom. The highest BCUT2D eigenvalue weighted by Crippen LogP contribution is 1.94. The van der Waals surface area contributed by atoms with Crippen molar-refractivity contribution < 1.29 is 9.47 Å². The Bertz CT molecular complexity index is 117. The summed E-state index contributed by atoms with van der Waals surface area (Å²) in [7, 11) is 0. The van der Waals surface area contributed by atoms with Gasteiger partial charge in [0.1, 0.15) is 0 Å². The molecule has 0 bridgehead atoms. The summed E-state index contributed by atoms with van der Waals surface area (Å²) in [6, 6.07) is 0. The van der Waals surface area contributed by atoms with E-state index in [1.54, 1.807) is 0 Å². The molecule has 3 nitrogen and oxygen atoms in total. The molecule has 0 aliphatic rings. The highest BCUT2D eigenvalue weighted by Gasteiger charge is 1.91. The third-order valence-electron chi connectivity index (χ3n) is 2.63.